The van der Waals surface area contributed by atoms with Gasteiger partial charge in [0, 0.05) is 29.6 Å². The Kier molecular flexibility index (Phi) is 5.17. The molecular weight excluding hydrogens is 342 g/mol. The first-order valence-corrected chi connectivity index (χ1v) is 10.4. The van der Waals surface area contributed by atoms with Gasteiger partial charge in [-0.2, -0.15) is 0 Å². The summed E-state index contributed by atoms with van der Waals surface area (Å²) >= 11 is 6.10. The van der Waals surface area contributed by atoms with E-state index in [4.69, 9.17) is 21.6 Å². The Bertz CT molecular complexity index is 768. The third-order valence-corrected chi connectivity index (χ3v) is 5.87. The Morgan fingerprint density at radius 1 is 1.12 bits per heavy atom. The molecule has 1 fully saturated rings. The fourth-order valence-corrected chi connectivity index (χ4v) is 4.32. The van der Waals surface area contributed by atoms with Crippen LogP contribution in [-0.2, 0) is 6.42 Å². The summed E-state index contributed by atoms with van der Waals surface area (Å²) in [6.07, 6.45) is 7.36. The highest BCUT2D eigenvalue weighted by Gasteiger charge is 2.30. The van der Waals surface area contributed by atoms with Gasteiger partial charge in [-0.25, -0.2) is 9.97 Å². The molecule has 0 bridgehead atoms. The number of rotatable bonds is 6. The van der Waals surface area contributed by atoms with Gasteiger partial charge in [0.2, 0.25) is 0 Å². The molecule has 138 valence electrons. The number of hydrogen-bond donors (Lipinski definition) is 0. The normalized spacial score (nSPS) is 19.3. The minimum absolute atomic E-state index is 0.362. The lowest BCUT2D eigenvalue weighted by atomic mass is 9.82. The van der Waals surface area contributed by atoms with E-state index in [0.717, 1.165) is 49.1 Å². The minimum atomic E-state index is 0.362. The Morgan fingerprint density at radius 3 is 2.58 bits per heavy atom. The van der Waals surface area contributed by atoms with Gasteiger partial charge in [-0.3, -0.25) is 0 Å². The van der Waals surface area contributed by atoms with Crippen LogP contribution < -0.4 is 4.90 Å². The average Bonchev–Trinajstić information content (AvgIpc) is 3.45. The van der Waals surface area contributed by atoms with Crippen molar-refractivity contribution >= 4 is 17.4 Å². The molecule has 1 atom stereocenters. The van der Waals surface area contributed by atoms with Crippen molar-refractivity contribution in [3.8, 4) is 0 Å². The molecule has 0 spiro atoms. The molecule has 1 unspecified atom stereocenters. The number of fused-ring (bicyclic) bond motifs is 1. The first-order chi connectivity index (χ1) is 12.7. The van der Waals surface area contributed by atoms with Gasteiger partial charge in [-0.15, -0.1) is 0 Å². The van der Waals surface area contributed by atoms with Gasteiger partial charge in [-0.1, -0.05) is 30.7 Å². The van der Waals surface area contributed by atoms with Crippen LogP contribution in [0.25, 0.3) is 0 Å². The lowest BCUT2D eigenvalue weighted by Crippen LogP contribution is -2.30. The Balaban J connectivity index is 1.74. The molecule has 2 aliphatic carbocycles. The molecule has 1 aromatic carbocycles. The molecule has 4 rings (SSSR count). The van der Waals surface area contributed by atoms with E-state index < -0.39 is 0 Å². The van der Waals surface area contributed by atoms with Crippen LogP contribution in [0.3, 0.4) is 0 Å². The van der Waals surface area contributed by atoms with E-state index in [-0.39, 0.29) is 0 Å². The molecule has 26 heavy (non-hydrogen) atoms. The number of hydrogen-bond acceptors (Lipinski definition) is 3. The maximum Gasteiger partial charge on any atom is 0.135 e. The number of aromatic nitrogens is 2. The summed E-state index contributed by atoms with van der Waals surface area (Å²) in [6.45, 7) is 6.54. The summed E-state index contributed by atoms with van der Waals surface area (Å²) in [4.78, 5) is 12.4. The van der Waals surface area contributed by atoms with Gasteiger partial charge in [0.05, 0.1) is 5.69 Å². The van der Waals surface area contributed by atoms with Crippen LogP contribution in [0.4, 0.5) is 5.82 Å². The van der Waals surface area contributed by atoms with E-state index >= 15 is 0 Å². The summed E-state index contributed by atoms with van der Waals surface area (Å²) < 4.78 is 0. The van der Waals surface area contributed by atoms with Gasteiger partial charge < -0.3 is 4.90 Å². The molecule has 0 radical (unpaired) electrons. The molecule has 1 aromatic heterocycles. The molecule has 2 aliphatic rings. The van der Waals surface area contributed by atoms with Gasteiger partial charge in [-0.05, 0) is 69.1 Å². The van der Waals surface area contributed by atoms with Crippen molar-refractivity contribution in [2.24, 2.45) is 5.92 Å². The maximum absolute atomic E-state index is 6.10. The lowest BCUT2D eigenvalue weighted by Gasteiger charge is -2.31. The van der Waals surface area contributed by atoms with Crippen LogP contribution >= 0.6 is 11.6 Å². The minimum Gasteiger partial charge on any atom is -0.356 e. The van der Waals surface area contributed by atoms with E-state index in [1.165, 1.54) is 41.9 Å². The summed E-state index contributed by atoms with van der Waals surface area (Å²) in [5.41, 5.74) is 3.96. The zero-order valence-corrected chi connectivity index (χ0v) is 16.6. The molecule has 1 heterocycles. The highest BCUT2D eigenvalue weighted by molar-refractivity contribution is 6.30. The van der Waals surface area contributed by atoms with Gasteiger partial charge in [0.15, 0.2) is 0 Å². The molecule has 2 aromatic rings. The van der Waals surface area contributed by atoms with Crippen molar-refractivity contribution in [1.82, 2.24) is 9.97 Å². The number of anilines is 1. The fourth-order valence-electron chi connectivity index (χ4n) is 4.20. The van der Waals surface area contributed by atoms with Gasteiger partial charge >= 0.3 is 0 Å². The standard InChI is InChI=1S/C22H28ClN3/c1-3-13-26(14-16-7-8-16)22-20-6-4-5-19(21(20)24-15(2)25-22)17-9-11-18(23)12-10-17/h9-12,16,19H,3-8,13-14H2,1-2H3. The smallest absolute Gasteiger partial charge is 0.135 e. The third kappa shape index (κ3) is 3.73. The van der Waals surface area contributed by atoms with Crippen LogP contribution in [0, 0.1) is 12.8 Å². The van der Waals surface area contributed by atoms with Crippen molar-refractivity contribution in [3.63, 3.8) is 0 Å². The summed E-state index contributed by atoms with van der Waals surface area (Å²) in [5.74, 6) is 3.33. The van der Waals surface area contributed by atoms with E-state index in [9.17, 15) is 0 Å². The van der Waals surface area contributed by atoms with Crippen LogP contribution in [0.15, 0.2) is 24.3 Å². The zero-order valence-electron chi connectivity index (χ0n) is 15.8. The van der Waals surface area contributed by atoms with E-state index in [2.05, 4.69) is 24.0 Å². The summed E-state index contributed by atoms with van der Waals surface area (Å²) in [7, 11) is 0. The lowest BCUT2D eigenvalue weighted by molar-refractivity contribution is 0.585. The first kappa shape index (κ1) is 17.8. The molecule has 0 aliphatic heterocycles. The Morgan fingerprint density at radius 2 is 1.88 bits per heavy atom. The Hall–Kier alpha value is -1.61. The summed E-state index contributed by atoms with van der Waals surface area (Å²) in [5, 5.41) is 0.794. The monoisotopic (exact) mass is 369 g/mol. The summed E-state index contributed by atoms with van der Waals surface area (Å²) in [6, 6.07) is 8.31. The molecule has 4 heteroatoms. The van der Waals surface area contributed by atoms with Crippen molar-refractivity contribution in [2.45, 2.75) is 58.3 Å². The molecule has 1 saturated carbocycles. The topological polar surface area (TPSA) is 29.0 Å². The fraction of sp³-hybridized carbons (Fsp3) is 0.545. The highest BCUT2D eigenvalue weighted by atomic mass is 35.5. The van der Waals surface area contributed by atoms with Gasteiger partial charge in [0.25, 0.3) is 0 Å². The van der Waals surface area contributed by atoms with Crippen molar-refractivity contribution < 1.29 is 0 Å². The maximum atomic E-state index is 6.10. The van der Waals surface area contributed by atoms with Gasteiger partial charge in [0.1, 0.15) is 11.6 Å². The van der Waals surface area contributed by atoms with Crippen LogP contribution in [0.2, 0.25) is 5.02 Å². The molecule has 0 N–H and O–H groups in total. The SMILES string of the molecule is CCCN(CC1CC1)c1nc(C)nc2c1CCCC2c1ccc(Cl)cc1. The average molecular weight is 370 g/mol. The number of nitrogens with zero attached hydrogens (tertiary/aromatic N) is 3. The quantitative estimate of drug-likeness (QED) is 0.670. The highest BCUT2D eigenvalue weighted by Crippen LogP contribution is 2.40. The van der Waals surface area contributed by atoms with Crippen LogP contribution in [0.1, 0.15) is 67.6 Å². The molecular formula is C22H28ClN3. The predicted molar refractivity (Wildman–Crippen MR) is 108 cm³/mol. The van der Waals surface area contributed by atoms with Crippen molar-refractivity contribution in [1.29, 1.82) is 0 Å². The largest absolute Gasteiger partial charge is 0.356 e. The molecule has 3 nitrogen and oxygen atoms in total. The second-order valence-electron chi connectivity index (χ2n) is 7.84. The van der Waals surface area contributed by atoms with Crippen LogP contribution in [0.5, 0.6) is 0 Å². The van der Waals surface area contributed by atoms with E-state index in [0.29, 0.717) is 5.92 Å². The third-order valence-electron chi connectivity index (χ3n) is 5.62. The predicted octanol–water partition coefficient (Wildman–Crippen LogP) is 5.53. The van der Waals surface area contributed by atoms with Crippen molar-refractivity contribution in [3.05, 3.63) is 51.9 Å². The van der Waals surface area contributed by atoms with Crippen molar-refractivity contribution in [2.75, 3.05) is 18.0 Å². The number of aryl methyl sites for hydroxylation is 1. The first-order valence-electron chi connectivity index (χ1n) is 10.0. The molecule has 0 saturated heterocycles. The van der Waals surface area contributed by atoms with E-state index in [1.807, 2.05) is 19.1 Å². The number of halogens is 1. The Labute approximate surface area is 161 Å². The zero-order chi connectivity index (χ0) is 18.1. The second kappa shape index (κ2) is 7.56. The molecule has 0 amide bonds. The van der Waals surface area contributed by atoms with E-state index in [1.54, 1.807) is 0 Å². The second-order valence-corrected chi connectivity index (χ2v) is 8.28. The number of benzene rings is 1. The van der Waals surface area contributed by atoms with Crippen LogP contribution in [-0.4, -0.2) is 23.1 Å².